The summed E-state index contributed by atoms with van der Waals surface area (Å²) in [6, 6.07) is 0. The summed E-state index contributed by atoms with van der Waals surface area (Å²) in [5, 5.41) is 2.63. The first-order chi connectivity index (χ1) is 9.35. The topological polar surface area (TPSA) is 65.1 Å². The molecule has 1 amide bonds. The van der Waals surface area contributed by atoms with Gasteiger partial charge >= 0.3 is 0 Å². The Hall–Kier alpha value is -0.540. The van der Waals surface area contributed by atoms with Gasteiger partial charge in [-0.15, -0.1) is 0 Å². The van der Waals surface area contributed by atoms with Crippen LogP contribution in [0, 0.1) is 0 Å². The Balaban J connectivity index is 0.000000396. The maximum absolute atomic E-state index is 11.0. The Morgan fingerprint density at radius 2 is 1.85 bits per heavy atom. The van der Waals surface area contributed by atoms with Gasteiger partial charge in [0.05, 0.1) is 13.8 Å². The molecule has 1 rings (SSSR count). The molecule has 1 aliphatic rings. The van der Waals surface area contributed by atoms with Gasteiger partial charge in [-0.2, -0.15) is 0 Å². The third-order valence-corrected chi connectivity index (χ3v) is 3.66. The summed E-state index contributed by atoms with van der Waals surface area (Å²) in [5.74, 6) is 0.559. The van der Waals surface area contributed by atoms with E-state index in [2.05, 4.69) is 22.2 Å². The van der Waals surface area contributed by atoms with Gasteiger partial charge in [-0.05, 0) is 21.1 Å². The normalized spacial score (nSPS) is 18.3. The number of hydrogen-bond donors (Lipinski definition) is 1. The van der Waals surface area contributed by atoms with Crippen molar-refractivity contribution in [1.82, 2.24) is 20.0 Å². The van der Waals surface area contributed by atoms with E-state index in [1.165, 1.54) is 14.0 Å². The van der Waals surface area contributed by atoms with E-state index in [-0.39, 0.29) is 5.91 Å². The van der Waals surface area contributed by atoms with Crippen molar-refractivity contribution in [2.75, 3.05) is 67.0 Å². The molecule has 0 aliphatic carbocycles. The van der Waals surface area contributed by atoms with Crippen molar-refractivity contribution >= 4 is 17.0 Å². The van der Waals surface area contributed by atoms with Crippen molar-refractivity contribution < 1.29 is 13.2 Å². The molecule has 0 aromatic carbocycles. The number of nitrogens with zero attached hydrogens (tertiary/aromatic N) is 3. The van der Waals surface area contributed by atoms with Crippen molar-refractivity contribution in [3.05, 3.63) is 0 Å². The lowest BCUT2D eigenvalue weighted by atomic mass is 10.4. The van der Waals surface area contributed by atoms with Crippen LogP contribution in [0.25, 0.3) is 0 Å². The van der Waals surface area contributed by atoms with Crippen molar-refractivity contribution in [2.45, 2.75) is 6.92 Å². The van der Waals surface area contributed by atoms with Crippen molar-refractivity contribution in [2.24, 2.45) is 0 Å². The number of likely N-dealkylation sites (N-methyl/N-ethyl adjacent to an activating group) is 1. The minimum Gasteiger partial charge on any atom is -0.344 e. The maximum Gasteiger partial charge on any atom is 0.217 e. The summed E-state index contributed by atoms with van der Waals surface area (Å²) < 4.78 is 15.7. The van der Waals surface area contributed by atoms with E-state index in [9.17, 15) is 9.00 Å². The SMILES string of the molecule is CC(=O)NCN(C)C.COS(=O)CN1CCN(C)CC1. The lowest BCUT2D eigenvalue weighted by molar-refractivity contribution is -0.119. The molecule has 0 radical (unpaired) electrons. The number of carbonyl (C=O) groups is 1. The van der Waals surface area contributed by atoms with Crippen LogP contribution in [0.1, 0.15) is 6.92 Å². The predicted octanol–water partition coefficient (Wildman–Crippen LogP) is -0.857. The third-order valence-electron chi connectivity index (χ3n) is 2.71. The second-order valence-corrected chi connectivity index (χ2v) is 6.19. The van der Waals surface area contributed by atoms with Crippen LogP contribution >= 0.6 is 0 Å². The van der Waals surface area contributed by atoms with Crippen LogP contribution in [0.3, 0.4) is 0 Å². The fraction of sp³-hybridized carbons (Fsp3) is 0.917. The second kappa shape index (κ2) is 11.2. The number of hydrogen-bond acceptors (Lipinski definition) is 6. The van der Waals surface area contributed by atoms with Crippen molar-refractivity contribution in [1.29, 1.82) is 0 Å². The Kier molecular flexibility index (Phi) is 10.9. The molecule has 0 saturated carbocycles. The first-order valence-corrected chi connectivity index (χ1v) is 7.82. The van der Waals surface area contributed by atoms with Crippen LogP contribution in [0.2, 0.25) is 0 Å². The highest BCUT2D eigenvalue weighted by Gasteiger charge is 2.15. The molecular weight excluding hydrogens is 280 g/mol. The van der Waals surface area contributed by atoms with Gasteiger partial charge in [0.1, 0.15) is 5.88 Å². The zero-order valence-electron chi connectivity index (χ0n) is 13.2. The molecule has 0 spiro atoms. The van der Waals surface area contributed by atoms with E-state index in [1.807, 2.05) is 19.0 Å². The van der Waals surface area contributed by atoms with E-state index < -0.39 is 11.1 Å². The van der Waals surface area contributed by atoms with Crippen LogP contribution in [-0.2, 0) is 20.1 Å². The molecular formula is C12H28N4O3S. The van der Waals surface area contributed by atoms with Crippen molar-refractivity contribution in [3.63, 3.8) is 0 Å². The van der Waals surface area contributed by atoms with Gasteiger partial charge in [0.25, 0.3) is 0 Å². The molecule has 0 aromatic heterocycles. The van der Waals surface area contributed by atoms with Gasteiger partial charge in [-0.1, -0.05) is 0 Å². The van der Waals surface area contributed by atoms with Crippen molar-refractivity contribution in [3.8, 4) is 0 Å². The zero-order chi connectivity index (χ0) is 15.5. The molecule has 0 aromatic rings. The molecule has 1 heterocycles. The minimum atomic E-state index is -1.13. The smallest absolute Gasteiger partial charge is 0.217 e. The predicted molar refractivity (Wildman–Crippen MR) is 81.5 cm³/mol. The number of piperazine rings is 1. The fourth-order valence-corrected chi connectivity index (χ4v) is 2.11. The van der Waals surface area contributed by atoms with Gasteiger partial charge in [0.15, 0.2) is 11.1 Å². The molecule has 1 unspecified atom stereocenters. The molecule has 8 heteroatoms. The Morgan fingerprint density at radius 1 is 1.30 bits per heavy atom. The number of nitrogens with one attached hydrogen (secondary N) is 1. The van der Waals surface area contributed by atoms with Crippen LogP contribution in [0.5, 0.6) is 0 Å². The quantitative estimate of drug-likeness (QED) is 0.667. The largest absolute Gasteiger partial charge is 0.344 e. The van der Waals surface area contributed by atoms with Crippen LogP contribution < -0.4 is 5.32 Å². The van der Waals surface area contributed by atoms with E-state index in [4.69, 9.17) is 4.18 Å². The Morgan fingerprint density at radius 3 is 2.20 bits per heavy atom. The summed E-state index contributed by atoms with van der Waals surface area (Å²) in [6.45, 7) is 6.22. The van der Waals surface area contributed by atoms with E-state index in [1.54, 1.807) is 0 Å². The second-order valence-electron chi connectivity index (χ2n) is 4.99. The van der Waals surface area contributed by atoms with Gasteiger partial charge < -0.3 is 10.2 Å². The third kappa shape index (κ3) is 11.3. The fourth-order valence-electron chi connectivity index (χ4n) is 1.45. The first kappa shape index (κ1) is 19.5. The number of rotatable bonds is 5. The molecule has 1 saturated heterocycles. The molecule has 1 fully saturated rings. The van der Waals surface area contributed by atoms with Crippen LogP contribution in [0.15, 0.2) is 0 Å². The first-order valence-electron chi connectivity index (χ1n) is 6.58. The molecule has 7 nitrogen and oxygen atoms in total. The molecule has 120 valence electrons. The molecule has 1 atom stereocenters. The highest BCUT2D eigenvalue weighted by Crippen LogP contribution is 2.00. The lowest BCUT2D eigenvalue weighted by Gasteiger charge is -2.31. The number of amides is 1. The monoisotopic (exact) mass is 308 g/mol. The lowest BCUT2D eigenvalue weighted by Crippen LogP contribution is -2.45. The Labute approximate surface area is 124 Å². The minimum absolute atomic E-state index is 0.0127. The molecule has 1 N–H and O–H groups in total. The standard InChI is InChI=1S/C7H16N2O2S.C5H12N2O/c1-8-3-5-9(6-4-8)7-12(10)11-2;1-5(8)6-4-7(2)3/h3-7H2,1-2H3;4H2,1-3H3,(H,6,8). The van der Waals surface area contributed by atoms with Gasteiger partial charge in [0, 0.05) is 33.1 Å². The van der Waals surface area contributed by atoms with Crippen LogP contribution in [-0.4, -0.2) is 91.8 Å². The average Bonchev–Trinajstić information content (AvgIpc) is 2.39. The van der Waals surface area contributed by atoms with E-state index >= 15 is 0 Å². The molecule has 20 heavy (non-hydrogen) atoms. The number of carbonyl (C=O) groups excluding carboxylic acids is 1. The van der Waals surface area contributed by atoms with E-state index in [0.717, 1.165) is 26.2 Å². The summed E-state index contributed by atoms with van der Waals surface area (Å²) in [6.07, 6.45) is 0. The molecule has 1 aliphatic heterocycles. The summed E-state index contributed by atoms with van der Waals surface area (Å²) in [5.41, 5.74) is 0. The highest BCUT2D eigenvalue weighted by molar-refractivity contribution is 7.80. The summed E-state index contributed by atoms with van der Waals surface area (Å²) in [7, 11) is 7.38. The van der Waals surface area contributed by atoms with Crippen LogP contribution in [0.4, 0.5) is 0 Å². The highest BCUT2D eigenvalue weighted by atomic mass is 32.2. The average molecular weight is 308 g/mol. The summed E-state index contributed by atoms with van der Waals surface area (Å²) in [4.78, 5) is 16.5. The zero-order valence-corrected chi connectivity index (χ0v) is 14.0. The van der Waals surface area contributed by atoms with Gasteiger partial charge in [0.2, 0.25) is 5.91 Å². The summed E-state index contributed by atoms with van der Waals surface area (Å²) >= 11 is -1.13. The Bertz CT molecular complexity index is 294. The van der Waals surface area contributed by atoms with Gasteiger partial charge in [-0.3, -0.25) is 18.8 Å². The maximum atomic E-state index is 11.0. The molecule has 0 bridgehead atoms. The van der Waals surface area contributed by atoms with Gasteiger partial charge in [-0.25, -0.2) is 4.21 Å². The van der Waals surface area contributed by atoms with E-state index in [0.29, 0.717) is 12.5 Å².